The number of rotatable bonds is 10. The maximum atomic E-state index is 6.05. The van der Waals surface area contributed by atoms with E-state index in [1.54, 1.807) is 0 Å². The first-order valence-electron chi connectivity index (χ1n) is 8.73. The SMILES string of the molecule is CCN(CC)c1ccc(CNCCC(C)C)cc1OC(C)C. The van der Waals surface area contributed by atoms with Gasteiger partial charge in [-0.3, -0.25) is 0 Å². The Morgan fingerprint density at radius 2 is 1.77 bits per heavy atom. The van der Waals surface area contributed by atoms with E-state index in [1.165, 1.54) is 17.7 Å². The third kappa shape index (κ3) is 6.27. The highest BCUT2D eigenvalue weighted by molar-refractivity contribution is 5.59. The van der Waals surface area contributed by atoms with Gasteiger partial charge < -0.3 is 15.0 Å². The molecule has 1 N–H and O–H groups in total. The summed E-state index contributed by atoms with van der Waals surface area (Å²) in [5.41, 5.74) is 2.49. The quantitative estimate of drug-likeness (QED) is 0.646. The molecule has 0 aliphatic carbocycles. The van der Waals surface area contributed by atoms with E-state index < -0.39 is 0 Å². The minimum atomic E-state index is 0.193. The number of anilines is 1. The van der Waals surface area contributed by atoms with Crippen molar-refractivity contribution in [1.29, 1.82) is 0 Å². The van der Waals surface area contributed by atoms with Crippen LogP contribution in [0.4, 0.5) is 5.69 Å². The van der Waals surface area contributed by atoms with Crippen LogP contribution in [-0.4, -0.2) is 25.7 Å². The fourth-order valence-electron chi connectivity index (χ4n) is 2.47. The average Bonchev–Trinajstić information content (AvgIpc) is 2.46. The summed E-state index contributed by atoms with van der Waals surface area (Å²) in [6, 6.07) is 6.60. The van der Waals surface area contributed by atoms with Gasteiger partial charge in [-0.15, -0.1) is 0 Å². The number of ether oxygens (including phenoxy) is 1. The van der Waals surface area contributed by atoms with E-state index in [9.17, 15) is 0 Å². The van der Waals surface area contributed by atoms with E-state index in [0.717, 1.165) is 37.8 Å². The number of benzene rings is 1. The highest BCUT2D eigenvalue weighted by Gasteiger charge is 2.12. The molecule has 0 radical (unpaired) electrons. The fraction of sp³-hybridized carbons (Fsp3) is 0.684. The first-order chi connectivity index (χ1) is 10.5. The molecule has 0 saturated carbocycles. The van der Waals surface area contributed by atoms with Crippen molar-refractivity contribution in [3.63, 3.8) is 0 Å². The van der Waals surface area contributed by atoms with Crippen LogP contribution in [0.2, 0.25) is 0 Å². The molecule has 0 aromatic heterocycles. The van der Waals surface area contributed by atoms with Gasteiger partial charge in [0.05, 0.1) is 11.8 Å². The largest absolute Gasteiger partial charge is 0.489 e. The summed E-state index contributed by atoms with van der Waals surface area (Å²) >= 11 is 0. The zero-order chi connectivity index (χ0) is 16.5. The third-order valence-electron chi connectivity index (χ3n) is 3.72. The van der Waals surface area contributed by atoms with Crippen LogP contribution in [0, 0.1) is 5.92 Å². The molecule has 0 spiro atoms. The molecule has 22 heavy (non-hydrogen) atoms. The summed E-state index contributed by atoms with van der Waals surface area (Å²) in [6.45, 7) is 17.0. The number of nitrogens with one attached hydrogen (secondary N) is 1. The molecule has 3 nitrogen and oxygen atoms in total. The lowest BCUT2D eigenvalue weighted by atomic mass is 10.1. The molecule has 0 fully saturated rings. The van der Waals surface area contributed by atoms with Crippen molar-refractivity contribution in [2.75, 3.05) is 24.5 Å². The fourth-order valence-corrected chi connectivity index (χ4v) is 2.47. The molecule has 0 atom stereocenters. The zero-order valence-electron chi connectivity index (χ0n) is 15.3. The van der Waals surface area contributed by atoms with Crippen molar-refractivity contribution >= 4 is 5.69 Å². The number of hydrogen-bond acceptors (Lipinski definition) is 3. The standard InChI is InChI=1S/C19H34N2O/c1-7-21(8-2)18-10-9-17(13-19(18)22-16(5)6)14-20-12-11-15(3)4/h9-10,13,15-16,20H,7-8,11-12,14H2,1-6H3. The smallest absolute Gasteiger partial charge is 0.143 e. The van der Waals surface area contributed by atoms with E-state index in [4.69, 9.17) is 4.74 Å². The van der Waals surface area contributed by atoms with Gasteiger partial charge in [0.25, 0.3) is 0 Å². The van der Waals surface area contributed by atoms with Gasteiger partial charge >= 0.3 is 0 Å². The predicted octanol–water partition coefficient (Wildman–Crippen LogP) is 4.46. The second-order valence-electron chi connectivity index (χ2n) is 6.50. The molecular weight excluding hydrogens is 272 g/mol. The van der Waals surface area contributed by atoms with Crippen molar-refractivity contribution in [1.82, 2.24) is 5.32 Å². The Balaban J connectivity index is 2.80. The van der Waals surface area contributed by atoms with Crippen LogP contribution in [0.15, 0.2) is 18.2 Å². The van der Waals surface area contributed by atoms with E-state index in [1.807, 2.05) is 0 Å². The Morgan fingerprint density at radius 1 is 1.09 bits per heavy atom. The van der Waals surface area contributed by atoms with Gasteiger partial charge in [0.15, 0.2) is 0 Å². The molecule has 0 unspecified atom stereocenters. The second-order valence-corrected chi connectivity index (χ2v) is 6.50. The van der Waals surface area contributed by atoms with Gasteiger partial charge in [0, 0.05) is 19.6 Å². The van der Waals surface area contributed by atoms with Gasteiger partial charge in [0.1, 0.15) is 5.75 Å². The molecule has 1 aromatic rings. The van der Waals surface area contributed by atoms with Crippen molar-refractivity contribution in [3.05, 3.63) is 23.8 Å². The van der Waals surface area contributed by atoms with Crippen LogP contribution in [0.25, 0.3) is 0 Å². The lowest BCUT2D eigenvalue weighted by Crippen LogP contribution is -2.23. The van der Waals surface area contributed by atoms with Crippen LogP contribution in [0.5, 0.6) is 5.75 Å². The summed E-state index contributed by atoms with van der Waals surface area (Å²) in [4.78, 5) is 2.34. The van der Waals surface area contributed by atoms with Crippen molar-refractivity contribution in [2.45, 2.75) is 60.6 Å². The van der Waals surface area contributed by atoms with E-state index in [0.29, 0.717) is 0 Å². The van der Waals surface area contributed by atoms with Crippen LogP contribution >= 0.6 is 0 Å². The first kappa shape index (κ1) is 18.8. The lowest BCUT2D eigenvalue weighted by Gasteiger charge is -2.25. The van der Waals surface area contributed by atoms with Crippen LogP contribution in [0.3, 0.4) is 0 Å². The molecule has 1 rings (SSSR count). The molecule has 0 aliphatic heterocycles. The van der Waals surface area contributed by atoms with Crippen molar-refractivity contribution in [2.24, 2.45) is 5.92 Å². The maximum absolute atomic E-state index is 6.05. The monoisotopic (exact) mass is 306 g/mol. The zero-order valence-corrected chi connectivity index (χ0v) is 15.3. The van der Waals surface area contributed by atoms with Gasteiger partial charge in [0.2, 0.25) is 0 Å². The summed E-state index contributed by atoms with van der Waals surface area (Å²) in [7, 11) is 0. The van der Waals surface area contributed by atoms with Crippen LogP contribution in [-0.2, 0) is 6.54 Å². The summed E-state index contributed by atoms with van der Waals surface area (Å²) < 4.78 is 6.05. The molecule has 126 valence electrons. The Morgan fingerprint density at radius 3 is 2.32 bits per heavy atom. The Labute approximate surface area is 137 Å². The van der Waals surface area contributed by atoms with Crippen LogP contribution < -0.4 is 15.0 Å². The normalized spacial score (nSPS) is 11.3. The summed E-state index contributed by atoms with van der Waals surface area (Å²) in [6.07, 6.45) is 1.41. The molecule has 0 saturated heterocycles. The molecule has 0 aliphatic rings. The molecular formula is C19H34N2O. The number of nitrogens with zero attached hydrogens (tertiary/aromatic N) is 1. The van der Waals surface area contributed by atoms with Gasteiger partial charge in [-0.05, 0) is 64.3 Å². The second kappa shape index (κ2) is 9.73. The first-order valence-corrected chi connectivity index (χ1v) is 8.73. The molecule has 1 aromatic carbocycles. The Hall–Kier alpha value is -1.22. The molecule has 0 heterocycles. The minimum Gasteiger partial charge on any atom is -0.489 e. The maximum Gasteiger partial charge on any atom is 0.143 e. The van der Waals surface area contributed by atoms with E-state index in [2.05, 4.69) is 70.0 Å². The average molecular weight is 306 g/mol. The van der Waals surface area contributed by atoms with Gasteiger partial charge in [-0.25, -0.2) is 0 Å². The van der Waals surface area contributed by atoms with E-state index >= 15 is 0 Å². The predicted molar refractivity (Wildman–Crippen MR) is 96.9 cm³/mol. The Kier molecular flexibility index (Phi) is 8.32. The molecule has 0 amide bonds. The van der Waals surface area contributed by atoms with Gasteiger partial charge in [-0.2, -0.15) is 0 Å². The molecule has 0 bridgehead atoms. The summed E-state index contributed by atoms with van der Waals surface area (Å²) in [5.74, 6) is 1.75. The lowest BCUT2D eigenvalue weighted by molar-refractivity contribution is 0.242. The van der Waals surface area contributed by atoms with E-state index in [-0.39, 0.29) is 6.10 Å². The topological polar surface area (TPSA) is 24.5 Å². The summed E-state index contributed by atoms with van der Waals surface area (Å²) in [5, 5.41) is 3.52. The van der Waals surface area contributed by atoms with Crippen molar-refractivity contribution < 1.29 is 4.74 Å². The van der Waals surface area contributed by atoms with Crippen molar-refractivity contribution in [3.8, 4) is 5.75 Å². The minimum absolute atomic E-state index is 0.193. The third-order valence-corrected chi connectivity index (χ3v) is 3.72. The highest BCUT2D eigenvalue weighted by atomic mass is 16.5. The van der Waals surface area contributed by atoms with Gasteiger partial charge in [-0.1, -0.05) is 19.9 Å². The van der Waals surface area contributed by atoms with Crippen LogP contribution in [0.1, 0.15) is 53.5 Å². The molecule has 3 heteroatoms. The Bertz CT molecular complexity index is 425. The highest BCUT2D eigenvalue weighted by Crippen LogP contribution is 2.30. The number of hydrogen-bond donors (Lipinski definition) is 1.